The number of nitrogens with one attached hydrogen (secondary N) is 2. The molecule has 1 spiro atoms. The van der Waals surface area contributed by atoms with Crippen LogP contribution in [0, 0.1) is 0 Å². The highest BCUT2D eigenvalue weighted by molar-refractivity contribution is 5.89. The Hall–Kier alpha value is -1.59. The maximum atomic E-state index is 12.1. The van der Waals surface area contributed by atoms with Crippen LogP contribution in [0.1, 0.15) is 37.7 Å². The molecule has 114 valence electrons. The molecule has 0 radical (unpaired) electrons. The zero-order valence-corrected chi connectivity index (χ0v) is 12.1. The summed E-state index contributed by atoms with van der Waals surface area (Å²) in [6.07, 6.45) is 5.34. The third-order valence-corrected chi connectivity index (χ3v) is 4.58. The van der Waals surface area contributed by atoms with Crippen molar-refractivity contribution in [2.75, 3.05) is 11.9 Å². The quantitative estimate of drug-likeness (QED) is 0.800. The Kier molecular flexibility index (Phi) is 4.12. The zero-order valence-electron chi connectivity index (χ0n) is 12.1. The molecular formula is C16H22N2O3. The molecule has 1 aliphatic carbocycles. The highest BCUT2D eigenvalue weighted by Crippen LogP contribution is 2.41. The third kappa shape index (κ3) is 3.04. The Morgan fingerprint density at radius 3 is 2.67 bits per heavy atom. The van der Waals surface area contributed by atoms with Crippen molar-refractivity contribution in [2.45, 2.75) is 50.4 Å². The number of ether oxygens (including phenoxy) is 1. The number of benzene rings is 1. The van der Waals surface area contributed by atoms with Gasteiger partial charge in [-0.2, -0.15) is 0 Å². The predicted molar refractivity (Wildman–Crippen MR) is 80.1 cm³/mol. The van der Waals surface area contributed by atoms with Crippen molar-refractivity contribution in [3.05, 3.63) is 29.8 Å². The van der Waals surface area contributed by atoms with Gasteiger partial charge in [0.25, 0.3) is 0 Å². The van der Waals surface area contributed by atoms with Gasteiger partial charge in [-0.25, -0.2) is 4.79 Å². The van der Waals surface area contributed by atoms with E-state index >= 15 is 0 Å². The van der Waals surface area contributed by atoms with Gasteiger partial charge >= 0.3 is 6.03 Å². The largest absolute Gasteiger partial charge is 0.392 e. The van der Waals surface area contributed by atoms with Gasteiger partial charge in [-0.15, -0.1) is 0 Å². The standard InChI is InChI=1S/C16H22N2O3/c19-11-12-3-5-13(6-4-12)17-15(20)18-14-7-10-21-16(14)8-1-2-9-16/h3-6,14,19H,1-2,7-11H2,(H2,17,18,20). The molecule has 1 saturated heterocycles. The van der Waals surface area contributed by atoms with Gasteiger partial charge in [0.05, 0.1) is 18.2 Å². The van der Waals surface area contributed by atoms with E-state index in [4.69, 9.17) is 9.84 Å². The minimum atomic E-state index is -0.187. The Morgan fingerprint density at radius 2 is 2.00 bits per heavy atom. The van der Waals surface area contributed by atoms with Gasteiger partial charge in [0.2, 0.25) is 0 Å². The minimum absolute atomic E-state index is 0.00834. The lowest BCUT2D eigenvalue weighted by atomic mass is 9.93. The Bertz CT molecular complexity index is 489. The summed E-state index contributed by atoms with van der Waals surface area (Å²) in [6.45, 7) is 0.741. The smallest absolute Gasteiger partial charge is 0.319 e. The molecule has 1 aromatic rings. The van der Waals surface area contributed by atoms with Gasteiger partial charge in [-0.3, -0.25) is 0 Å². The number of rotatable bonds is 3. The van der Waals surface area contributed by atoms with E-state index in [1.807, 2.05) is 0 Å². The molecule has 1 aromatic carbocycles. The van der Waals surface area contributed by atoms with Crippen molar-refractivity contribution in [1.29, 1.82) is 0 Å². The first-order chi connectivity index (χ1) is 10.2. The van der Waals surface area contributed by atoms with Crippen LogP contribution < -0.4 is 10.6 Å². The molecule has 1 unspecified atom stereocenters. The minimum Gasteiger partial charge on any atom is -0.392 e. The topological polar surface area (TPSA) is 70.6 Å². The number of anilines is 1. The van der Waals surface area contributed by atoms with E-state index in [0.29, 0.717) is 0 Å². The first kappa shape index (κ1) is 14.4. The maximum absolute atomic E-state index is 12.1. The highest BCUT2D eigenvalue weighted by Gasteiger charge is 2.46. The number of hydrogen-bond donors (Lipinski definition) is 3. The van der Waals surface area contributed by atoms with E-state index < -0.39 is 0 Å². The van der Waals surface area contributed by atoms with Gasteiger partial charge < -0.3 is 20.5 Å². The lowest BCUT2D eigenvalue weighted by Gasteiger charge is -2.30. The van der Waals surface area contributed by atoms with Crippen molar-refractivity contribution >= 4 is 11.7 Å². The molecule has 2 aliphatic rings. The molecule has 1 atom stereocenters. The van der Waals surface area contributed by atoms with E-state index in [0.717, 1.165) is 37.1 Å². The van der Waals surface area contributed by atoms with Gasteiger partial charge in [0, 0.05) is 12.3 Å². The SMILES string of the molecule is O=C(Nc1ccc(CO)cc1)NC1CCOC12CCCC2. The van der Waals surface area contributed by atoms with E-state index in [1.54, 1.807) is 24.3 Å². The van der Waals surface area contributed by atoms with E-state index in [2.05, 4.69) is 10.6 Å². The average Bonchev–Trinajstić information content (AvgIpc) is 3.11. The second-order valence-corrected chi connectivity index (χ2v) is 5.92. The maximum Gasteiger partial charge on any atom is 0.319 e. The highest BCUT2D eigenvalue weighted by atomic mass is 16.5. The lowest BCUT2D eigenvalue weighted by molar-refractivity contribution is -0.00230. The van der Waals surface area contributed by atoms with Crippen molar-refractivity contribution < 1.29 is 14.6 Å². The molecule has 1 heterocycles. The van der Waals surface area contributed by atoms with Crippen molar-refractivity contribution in [3.8, 4) is 0 Å². The summed E-state index contributed by atoms with van der Waals surface area (Å²) >= 11 is 0. The van der Waals surface area contributed by atoms with Gasteiger partial charge in [-0.1, -0.05) is 25.0 Å². The van der Waals surface area contributed by atoms with Crippen LogP contribution >= 0.6 is 0 Å². The molecule has 3 N–H and O–H groups in total. The Balaban J connectivity index is 1.58. The second kappa shape index (κ2) is 6.03. The summed E-state index contributed by atoms with van der Waals surface area (Å²) in [6, 6.07) is 7.10. The Morgan fingerprint density at radius 1 is 1.29 bits per heavy atom. The van der Waals surface area contributed by atoms with Crippen LogP contribution in [0.4, 0.5) is 10.5 Å². The number of aliphatic hydroxyl groups excluding tert-OH is 1. The summed E-state index contributed by atoms with van der Waals surface area (Å²) < 4.78 is 5.93. The molecule has 5 heteroatoms. The summed E-state index contributed by atoms with van der Waals surface area (Å²) in [5, 5.41) is 14.9. The van der Waals surface area contributed by atoms with Gasteiger partial charge in [-0.05, 0) is 37.0 Å². The number of carbonyl (C=O) groups is 1. The molecule has 2 fully saturated rings. The van der Waals surface area contributed by atoms with Crippen LogP contribution in [0.15, 0.2) is 24.3 Å². The normalized spacial score (nSPS) is 23.4. The van der Waals surface area contributed by atoms with Gasteiger partial charge in [0.1, 0.15) is 0 Å². The number of amides is 2. The monoisotopic (exact) mass is 290 g/mol. The fraction of sp³-hybridized carbons (Fsp3) is 0.562. The summed E-state index contributed by atoms with van der Waals surface area (Å²) in [5.41, 5.74) is 1.43. The van der Waals surface area contributed by atoms with Crippen LogP contribution in [-0.2, 0) is 11.3 Å². The third-order valence-electron chi connectivity index (χ3n) is 4.58. The number of carbonyl (C=O) groups excluding carboxylic acids is 1. The molecule has 2 amide bonds. The fourth-order valence-electron chi connectivity index (χ4n) is 3.43. The molecule has 0 bridgehead atoms. The Labute approximate surface area is 124 Å². The van der Waals surface area contributed by atoms with E-state index in [9.17, 15) is 4.79 Å². The number of urea groups is 1. The van der Waals surface area contributed by atoms with Crippen LogP contribution in [0.3, 0.4) is 0 Å². The molecule has 1 saturated carbocycles. The van der Waals surface area contributed by atoms with Crippen molar-refractivity contribution in [2.24, 2.45) is 0 Å². The fourth-order valence-corrected chi connectivity index (χ4v) is 3.43. The number of aliphatic hydroxyl groups is 1. The zero-order chi connectivity index (χ0) is 14.7. The summed E-state index contributed by atoms with van der Waals surface area (Å²) in [4.78, 5) is 12.1. The summed E-state index contributed by atoms with van der Waals surface area (Å²) in [7, 11) is 0. The van der Waals surface area contributed by atoms with Crippen LogP contribution in [0.5, 0.6) is 0 Å². The number of hydrogen-bond acceptors (Lipinski definition) is 3. The molecule has 5 nitrogen and oxygen atoms in total. The average molecular weight is 290 g/mol. The molecule has 1 aliphatic heterocycles. The first-order valence-electron chi connectivity index (χ1n) is 7.63. The summed E-state index contributed by atoms with van der Waals surface area (Å²) in [5.74, 6) is 0. The van der Waals surface area contributed by atoms with Gasteiger partial charge in [0.15, 0.2) is 0 Å². The van der Waals surface area contributed by atoms with Crippen molar-refractivity contribution in [3.63, 3.8) is 0 Å². The molecule has 3 rings (SSSR count). The second-order valence-electron chi connectivity index (χ2n) is 5.92. The van der Waals surface area contributed by atoms with Crippen LogP contribution in [0.2, 0.25) is 0 Å². The first-order valence-corrected chi connectivity index (χ1v) is 7.63. The molecule has 21 heavy (non-hydrogen) atoms. The molecule has 0 aromatic heterocycles. The van der Waals surface area contributed by atoms with E-state index in [-0.39, 0.29) is 24.3 Å². The van der Waals surface area contributed by atoms with Crippen LogP contribution in [-0.4, -0.2) is 29.4 Å². The van der Waals surface area contributed by atoms with E-state index in [1.165, 1.54) is 12.8 Å². The van der Waals surface area contributed by atoms with Crippen LogP contribution in [0.25, 0.3) is 0 Å². The predicted octanol–water partition coefficient (Wildman–Crippen LogP) is 2.40. The lowest BCUT2D eigenvalue weighted by Crippen LogP contribution is -2.49. The molecular weight excluding hydrogens is 268 g/mol. The van der Waals surface area contributed by atoms with Crippen molar-refractivity contribution in [1.82, 2.24) is 5.32 Å².